The summed E-state index contributed by atoms with van der Waals surface area (Å²) in [5.74, 6) is -0.828. The minimum atomic E-state index is -0.700. The Balaban J connectivity index is 2.42. The van der Waals surface area contributed by atoms with Gasteiger partial charge in [-0.25, -0.2) is 0 Å². The molecule has 1 amide bonds. The molecule has 0 aromatic heterocycles. The molecular formula is C18H23NO6. The average molecular weight is 349 g/mol. The molecule has 136 valence electrons. The lowest BCUT2D eigenvalue weighted by molar-refractivity contribution is -0.144. The molecule has 25 heavy (non-hydrogen) atoms. The van der Waals surface area contributed by atoms with E-state index in [0.717, 1.165) is 0 Å². The zero-order chi connectivity index (χ0) is 18.6. The van der Waals surface area contributed by atoms with Gasteiger partial charge in [0.05, 0.1) is 24.8 Å². The van der Waals surface area contributed by atoms with Crippen LogP contribution in [0, 0.1) is 0 Å². The van der Waals surface area contributed by atoms with Crippen molar-refractivity contribution in [3.63, 3.8) is 0 Å². The number of methoxy groups -OCH3 is 2. The largest absolute Gasteiger partial charge is 0.503 e. The lowest BCUT2D eigenvalue weighted by Gasteiger charge is -2.29. The second-order valence-electron chi connectivity index (χ2n) is 5.58. The topological polar surface area (TPSA) is 85.3 Å². The third-order valence-corrected chi connectivity index (χ3v) is 4.06. The molecule has 1 N–H and O–H groups in total. The number of carbonyl (C=O) groups excluding carboxylic acids is 2. The molecule has 1 atom stereocenters. The maximum absolute atomic E-state index is 12.5. The van der Waals surface area contributed by atoms with Gasteiger partial charge in [0.1, 0.15) is 5.75 Å². The molecule has 7 heteroatoms. The second-order valence-corrected chi connectivity index (χ2v) is 5.58. The smallest absolute Gasteiger partial charge is 0.290 e. The zero-order valence-electron chi connectivity index (χ0n) is 14.8. The predicted molar refractivity (Wildman–Crippen MR) is 90.2 cm³/mol. The van der Waals surface area contributed by atoms with Crippen LogP contribution in [0.2, 0.25) is 0 Å². The van der Waals surface area contributed by atoms with Gasteiger partial charge in [-0.2, -0.15) is 0 Å². The Bertz CT molecular complexity index is 663. The van der Waals surface area contributed by atoms with Crippen LogP contribution in [0.1, 0.15) is 25.5 Å². The maximum Gasteiger partial charge on any atom is 0.290 e. The number of aliphatic hydroxyl groups is 1. The van der Waals surface area contributed by atoms with Crippen LogP contribution in [0.4, 0.5) is 0 Å². The number of carbonyl (C=O) groups is 2. The van der Waals surface area contributed by atoms with Crippen molar-refractivity contribution in [3.8, 4) is 5.75 Å². The Morgan fingerprint density at radius 3 is 2.32 bits per heavy atom. The number of hydrogen-bond donors (Lipinski definition) is 1. The minimum Gasteiger partial charge on any atom is -0.503 e. The van der Waals surface area contributed by atoms with E-state index < -0.39 is 24.0 Å². The fourth-order valence-corrected chi connectivity index (χ4v) is 2.87. The predicted octanol–water partition coefficient (Wildman–Crippen LogP) is 1.99. The highest BCUT2D eigenvalue weighted by Gasteiger charge is 2.43. The number of ether oxygens (including phenoxy) is 3. The molecule has 0 radical (unpaired) electrons. The van der Waals surface area contributed by atoms with Crippen molar-refractivity contribution in [1.82, 2.24) is 4.90 Å². The normalized spacial score (nSPS) is 17.6. The third kappa shape index (κ3) is 3.83. The first-order valence-electron chi connectivity index (χ1n) is 7.97. The molecule has 2 rings (SSSR count). The first kappa shape index (κ1) is 19.0. The first-order valence-corrected chi connectivity index (χ1v) is 7.97. The summed E-state index contributed by atoms with van der Waals surface area (Å²) in [5.41, 5.74) is 0.761. The molecule has 0 bridgehead atoms. The van der Waals surface area contributed by atoms with Crippen LogP contribution in [0.3, 0.4) is 0 Å². The van der Waals surface area contributed by atoms with Gasteiger partial charge in [-0.15, -0.1) is 0 Å². The van der Waals surface area contributed by atoms with E-state index in [-0.39, 0.29) is 17.9 Å². The fraction of sp³-hybridized carbons (Fsp3) is 0.444. The van der Waals surface area contributed by atoms with Gasteiger partial charge < -0.3 is 24.2 Å². The Kier molecular flexibility index (Phi) is 6.17. The minimum absolute atomic E-state index is 0.0696. The van der Waals surface area contributed by atoms with Gasteiger partial charge in [-0.05, 0) is 31.5 Å². The van der Waals surface area contributed by atoms with Crippen molar-refractivity contribution >= 4 is 11.7 Å². The first-order chi connectivity index (χ1) is 11.9. The van der Waals surface area contributed by atoms with Crippen molar-refractivity contribution < 1.29 is 28.9 Å². The van der Waals surface area contributed by atoms with Crippen molar-refractivity contribution in [3.05, 3.63) is 41.2 Å². The van der Waals surface area contributed by atoms with Gasteiger partial charge in [0.15, 0.2) is 17.8 Å². The van der Waals surface area contributed by atoms with Crippen molar-refractivity contribution in [2.24, 2.45) is 0 Å². The summed E-state index contributed by atoms with van der Waals surface area (Å²) < 4.78 is 15.7. The van der Waals surface area contributed by atoms with Crippen LogP contribution >= 0.6 is 0 Å². The quantitative estimate of drug-likeness (QED) is 0.723. The van der Waals surface area contributed by atoms with Gasteiger partial charge >= 0.3 is 0 Å². The van der Waals surface area contributed by atoms with Crippen LogP contribution in [0.25, 0.3) is 0 Å². The van der Waals surface area contributed by atoms with Gasteiger partial charge in [-0.1, -0.05) is 12.1 Å². The van der Waals surface area contributed by atoms with Gasteiger partial charge in [0, 0.05) is 14.2 Å². The highest BCUT2D eigenvalue weighted by molar-refractivity contribution is 6.08. The highest BCUT2D eigenvalue weighted by Crippen LogP contribution is 2.38. The summed E-state index contributed by atoms with van der Waals surface area (Å²) in [7, 11) is 2.92. The molecule has 7 nitrogen and oxygen atoms in total. The van der Waals surface area contributed by atoms with Crippen LogP contribution in [-0.4, -0.2) is 55.4 Å². The Hall–Kier alpha value is -2.38. The summed E-state index contributed by atoms with van der Waals surface area (Å²) in [4.78, 5) is 25.9. The molecule has 1 aromatic rings. The zero-order valence-corrected chi connectivity index (χ0v) is 14.8. The Labute approximate surface area is 146 Å². The van der Waals surface area contributed by atoms with Gasteiger partial charge in [-0.3, -0.25) is 9.59 Å². The molecule has 0 fully saturated rings. The van der Waals surface area contributed by atoms with Crippen LogP contribution < -0.4 is 4.74 Å². The van der Waals surface area contributed by atoms with E-state index in [4.69, 9.17) is 14.2 Å². The fourth-order valence-electron chi connectivity index (χ4n) is 2.87. The summed E-state index contributed by atoms with van der Waals surface area (Å²) in [6.07, 6.45) is -0.673. The number of benzene rings is 1. The molecule has 1 aromatic carbocycles. The lowest BCUT2D eigenvalue weighted by atomic mass is 9.96. The van der Waals surface area contributed by atoms with Gasteiger partial charge in [0.25, 0.3) is 5.91 Å². The molecule has 1 heterocycles. The lowest BCUT2D eigenvalue weighted by Crippen LogP contribution is -2.38. The molecule has 0 aliphatic carbocycles. The second kappa shape index (κ2) is 8.13. The molecule has 1 aliphatic rings. The standard InChI is InChI=1S/C18H23NO6/c1-5-25-13-8-6-12(7-9-13)16-15(11(2)20)17(21)18(22)19(16)10-14(23-3)24-4/h6-9,14,16,21H,5,10H2,1-4H3/t16-/m1/s1. The Morgan fingerprint density at radius 1 is 1.24 bits per heavy atom. The third-order valence-electron chi connectivity index (χ3n) is 4.06. The van der Waals surface area contributed by atoms with Crippen LogP contribution in [0.5, 0.6) is 5.75 Å². The summed E-state index contributed by atoms with van der Waals surface area (Å²) in [5, 5.41) is 10.2. The number of ketones is 1. The number of amides is 1. The highest BCUT2D eigenvalue weighted by atomic mass is 16.7. The van der Waals surface area contributed by atoms with Crippen molar-refractivity contribution in [2.75, 3.05) is 27.4 Å². The molecule has 0 spiro atoms. The van der Waals surface area contributed by atoms with E-state index in [0.29, 0.717) is 17.9 Å². The van der Waals surface area contributed by atoms with E-state index in [2.05, 4.69) is 0 Å². The average Bonchev–Trinajstić information content (AvgIpc) is 2.85. The van der Waals surface area contributed by atoms with E-state index in [1.165, 1.54) is 26.0 Å². The maximum atomic E-state index is 12.5. The number of Topliss-reactive ketones (excluding diaryl/α,β-unsaturated/α-hetero) is 1. The number of nitrogens with zero attached hydrogens (tertiary/aromatic N) is 1. The molecule has 0 saturated heterocycles. The number of aliphatic hydroxyl groups excluding tert-OH is 1. The van der Waals surface area contributed by atoms with E-state index >= 15 is 0 Å². The monoisotopic (exact) mass is 349 g/mol. The summed E-state index contributed by atoms with van der Waals surface area (Å²) in [6, 6.07) is 6.36. The Morgan fingerprint density at radius 2 is 1.84 bits per heavy atom. The van der Waals surface area contributed by atoms with Crippen LogP contribution in [-0.2, 0) is 19.1 Å². The van der Waals surface area contributed by atoms with E-state index in [1.54, 1.807) is 24.3 Å². The number of hydrogen-bond acceptors (Lipinski definition) is 6. The summed E-state index contributed by atoms with van der Waals surface area (Å²) >= 11 is 0. The molecule has 0 unspecified atom stereocenters. The number of rotatable bonds is 8. The van der Waals surface area contributed by atoms with Crippen molar-refractivity contribution in [2.45, 2.75) is 26.2 Å². The SMILES string of the molecule is CCOc1ccc([C@@H]2C(C(C)=O)=C(O)C(=O)N2CC(OC)OC)cc1. The van der Waals surface area contributed by atoms with E-state index in [1.807, 2.05) is 6.92 Å². The van der Waals surface area contributed by atoms with Crippen LogP contribution in [0.15, 0.2) is 35.6 Å². The van der Waals surface area contributed by atoms with Gasteiger partial charge in [0.2, 0.25) is 0 Å². The van der Waals surface area contributed by atoms with E-state index in [9.17, 15) is 14.7 Å². The molecule has 1 aliphatic heterocycles. The van der Waals surface area contributed by atoms with Crippen molar-refractivity contribution in [1.29, 1.82) is 0 Å². The summed E-state index contributed by atoms with van der Waals surface area (Å²) in [6.45, 7) is 3.82. The molecule has 0 saturated carbocycles. The molecular weight excluding hydrogens is 326 g/mol.